The zero-order valence-electron chi connectivity index (χ0n) is 4.13. The molecule has 0 radical (unpaired) electrons. The zero-order chi connectivity index (χ0) is 5.98. The van der Waals surface area contributed by atoms with Crippen LogP contribution in [0.4, 0.5) is 0 Å². The zero-order valence-corrected chi connectivity index (χ0v) is 4.13. The summed E-state index contributed by atoms with van der Waals surface area (Å²) in [5.41, 5.74) is 0. The van der Waals surface area contributed by atoms with Gasteiger partial charge in [0, 0.05) is 0 Å². The molecule has 0 aromatic rings. The molecule has 0 bridgehead atoms. The molecule has 0 amide bonds. The van der Waals surface area contributed by atoms with E-state index in [0.717, 1.165) is 0 Å². The molecule has 10 heavy (non-hydrogen) atoms. The molecule has 0 N–H and O–H groups in total. The van der Waals surface area contributed by atoms with Gasteiger partial charge in [-0.05, 0) is 24.3 Å². The Kier molecular flexibility index (Phi) is 7.20. The van der Waals surface area contributed by atoms with E-state index in [1.165, 1.54) is 24.3 Å². The van der Waals surface area contributed by atoms with E-state index < -0.39 is 0 Å². The van der Waals surface area contributed by atoms with E-state index in [4.69, 9.17) is 0 Å². The first-order valence-corrected chi connectivity index (χ1v) is 2.23. The molecular formula is C6H8AlLiO2. The molecule has 2 nitrogen and oxygen atoms in total. The molecule has 1 aliphatic carbocycles. The Morgan fingerprint density at radius 1 is 0.800 bits per heavy atom. The molecule has 4 heteroatoms. The molecule has 48 valence electrons. The van der Waals surface area contributed by atoms with Crippen LogP contribution >= 0.6 is 0 Å². The molecule has 0 heterocycles. The number of ketones is 2. The Balaban J connectivity index is 0. The first-order valence-electron chi connectivity index (χ1n) is 2.23. The Bertz CT molecular complexity index is 158. The second-order valence-electron chi connectivity index (χ2n) is 1.47. The number of hydrogen-bond acceptors (Lipinski definition) is 2. The number of hydrogen-bond donors (Lipinski definition) is 0. The second kappa shape index (κ2) is 5.71. The van der Waals surface area contributed by atoms with Crippen LogP contribution in [0.1, 0.15) is 0 Å². The third kappa shape index (κ3) is 3.88. The number of carbonyl (C=O) groups is 2. The summed E-state index contributed by atoms with van der Waals surface area (Å²) in [4.78, 5) is 20.6. The normalized spacial score (nSPS) is 14.0. The van der Waals surface area contributed by atoms with Gasteiger partial charge in [-0.3, -0.25) is 9.59 Å². The summed E-state index contributed by atoms with van der Waals surface area (Å²) in [6, 6.07) is 0. The summed E-state index contributed by atoms with van der Waals surface area (Å²) < 4.78 is 0. The van der Waals surface area contributed by atoms with Gasteiger partial charge in [0.15, 0.2) is 28.9 Å². The quantitative estimate of drug-likeness (QED) is 0.305. The molecule has 0 unspecified atom stereocenters. The summed E-state index contributed by atoms with van der Waals surface area (Å²) in [6.07, 6.45) is 5.01. The van der Waals surface area contributed by atoms with E-state index in [-0.39, 0.29) is 47.8 Å². The fraction of sp³-hybridized carbons (Fsp3) is 0. The van der Waals surface area contributed by atoms with Gasteiger partial charge in [-0.15, -0.1) is 0 Å². The van der Waals surface area contributed by atoms with Crippen molar-refractivity contribution in [2.45, 2.75) is 0 Å². The molecule has 0 aromatic carbocycles. The van der Waals surface area contributed by atoms with Crippen LogP contribution in [0.15, 0.2) is 24.3 Å². The summed E-state index contributed by atoms with van der Waals surface area (Å²) in [5.74, 6) is -0.241. The number of rotatable bonds is 0. The third-order valence-corrected chi connectivity index (χ3v) is 0.824. The first kappa shape index (κ1) is 12.6. The average molecular weight is 146 g/mol. The van der Waals surface area contributed by atoms with Crippen molar-refractivity contribution in [2.75, 3.05) is 0 Å². The van der Waals surface area contributed by atoms with Crippen molar-refractivity contribution in [3.63, 3.8) is 0 Å². The SMILES string of the molecule is O=C1C=CC(=O)C=C1.[AlH3].[LiH]. The molecule has 0 aliphatic heterocycles. The Hall–Kier alpha value is -0.0501. The standard InChI is InChI=1S/C6H4O2.Al.Li.4H/c7-5-1-2-6(8)4-3-5;;;;;;/h1-4H;;;;;;. The van der Waals surface area contributed by atoms with Crippen LogP contribution in [0, 0.1) is 0 Å². The topological polar surface area (TPSA) is 34.1 Å². The Morgan fingerprint density at radius 3 is 1.20 bits per heavy atom. The van der Waals surface area contributed by atoms with E-state index in [9.17, 15) is 9.59 Å². The third-order valence-electron chi connectivity index (χ3n) is 0.824. The van der Waals surface area contributed by atoms with Gasteiger partial charge in [-0.2, -0.15) is 0 Å². The molecule has 1 rings (SSSR count). The van der Waals surface area contributed by atoms with Crippen molar-refractivity contribution in [3.05, 3.63) is 24.3 Å². The molecular weight excluding hydrogens is 138 g/mol. The van der Waals surface area contributed by atoms with Crippen molar-refractivity contribution in [3.8, 4) is 0 Å². The van der Waals surface area contributed by atoms with Gasteiger partial charge in [-0.25, -0.2) is 0 Å². The first-order chi connectivity index (χ1) is 3.79. The molecule has 0 atom stereocenters. The second-order valence-corrected chi connectivity index (χ2v) is 1.47. The van der Waals surface area contributed by atoms with Gasteiger partial charge in [-0.1, -0.05) is 0 Å². The monoisotopic (exact) mass is 146 g/mol. The van der Waals surface area contributed by atoms with Crippen molar-refractivity contribution in [1.29, 1.82) is 0 Å². The van der Waals surface area contributed by atoms with E-state index in [1.54, 1.807) is 0 Å². The molecule has 0 spiro atoms. The predicted molar refractivity (Wildman–Crippen MR) is 45.4 cm³/mol. The summed E-state index contributed by atoms with van der Waals surface area (Å²) in [7, 11) is 0. The van der Waals surface area contributed by atoms with Crippen molar-refractivity contribution < 1.29 is 9.59 Å². The van der Waals surface area contributed by atoms with Crippen molar-refractivity contribution >= 4 is 47.8 Å². The minimum atomic E-state index is -0.121. The molecule has 1 aliphatic rings. The summed E-state index contributed by atoms with van der Waals surface area (Å²) in [6.45, 7) is 0. The van der Waals surface area contributed by atoms with Crippen LogP contribution in [-0.2, 0) is 9.59 Å². The van der Waals surface area contributed by atoms with E-state index in [2.05, 4.69) is 0 Å². The molecule has 0 saturated carbocycles. The fourth-order valence-corrected chi connectivity index (χ4v) is 0.440. The number of allylic oxidation sites excluding steroid dienone is 4. The van der Waals surface area contributed by atoms with Crippen LogP contribution in [0.2, 0.25) is 0 Å². The molecule has 0 fully saturated rings. The average Bonchev–Trinajstić information content (AvgIpc) is 1.77. The van der Waals surface area contributed by atoms with Gasteiger partial charge >= 0.3 is 18.9 Å². The number of carbonyl (C=O) groups excluding carboxylic acids is 2. The van der Waals surface area contributed by atoms with Gasteiger partial charge in [0.2, 0.25) is 0 Å². The van der Waals surface area contributed by atoms with E-state index in [0.29, 0.717) is 0 Å². The van der Waals surface area contributed by atoms with Crippen LogP contribution in [0.3, 0.4) is 0 Å². The van der Waals surface area contributed by atoms with Crippen LogP contribution in [0.5, 0.6) is 0 Å². The minimum absolute atomic E-state index is 0. The van der Waals surface area contributed by atoms with Gasteiger partial charge in [0.25, 0.3) is 0 Å². The van der Waals surface area contributed by atoms with Crippen LogP contribution in [0.25, 0.3) is 0 Å². The Morgan fingerprint density at radius 2 is 1.00 bits per heavy atom. The van der Waals surface area contributed by atoms with Gasteiger partial charge in [0.1, 0.15) is 0 Å². The van der Waals surface area contributed by atoms with Crippen LogP contribution < -0.4 is 0 Å². The van der Waals surface area contributed by atoms with Gasteiger partial charge < -0.3 is 0 Å². The van der Waals surface area contributed by atoms with Crippen molar-refractivity contribution in [2.24, 2.45) is 0 Å². The Labute approximate surface area is 81.7 Å². The maximum atomic E-state index is 10.3. The van der Waals surface area contributed by atoms with Crippen LogP contribution in [-0.4, -0.2) is 47.8 Å². The summed E-state index contributed by atoms with van der Waals surface area (Å²) in [5, 5.41) is 0. The predicted octanol–water partition coefficient (Wildman–Crippen LogP) is -1.58. The van der Waals surface area contributed by atoms with E-state index in [1.807, 2.05) is 0 Å². The van der Waals surface area contributed by atoms with E-state index >= 15 is 0 Å². The maximum absolute atomic E-state index is 10.3. The molecule has 0 saturated heterocycles. The summed E-state index contributed by atoms with van der Waals surface area (Å²) >= 11 is 0. The fourth-order valence-electron chi connectivity index (χ4n) is 0.440. The molecule has 0 aromatic heterocycles. The van der Waals surface area contributed by atoms with Crippen molar-refractivity contribution in [1.82, 2.24) is 0 Å². The van der Waals surface area contributed by atoms with Gasteiger partial charge in [0.05, 0.1) is 0 Å².